The van der Waals surface area contributed by atoms with E-state index in [1.54, 1.807) is 24.3 Å². The Morgan fingerprint density at radius 1 is 1.17 bits per heavy atom. The minimum atomic E-state index is -4.38. The SMILES string of the molecule is COc1cccc(C(=O)N/N=C\c2ccc(C(F)(F)F)cc2)c1. The van der Waals surface area contributed by atoms with Gasteiger partial charge < -0.3 is 4.74 Å². The van der Waals surface area contributed by atoms with E-state index >= 15 is 0 Å². The van der Waals surface area contributed by atoms with Gasteiger partial charge in [0.15, 0.2) is 0 Å². The van der Waals surface area contributed by atoms with E-state index in [-0.39, 0.29) is 0 Å². The van der Waals surface area contributed by atoms with E-state index in [1.807, 2.05) is 0 Å². The standard InChI is InChI=1S/C16H13F3N2O2/c1-23-14-4-2-3-12(9-14)15(22)21-20-10-11-5-7-13(8-6-11)16(17,18)19/h2-10H,1H3,(H,21,22)/b20-10-. The summed E-state index contributed by atoms with van der Waals surface area (Å²) in [5.74, 6) is 0.0800. The zero-order valence-electron chi connectivity index (χ0n) is 12.1. The van der Waals surface area contributed by atoms with Crippen LogP contribution in [0.15, 0.2) is 53.6 Å². The fraction of sp³-hybridized carbons (Fsp3) is 0.125. The molecule has 0 bridgehead atoms. The minimum Gasteiger partial charge on any atom is -0.497 e. The minimum absolute atomic E-state index is 0.355. The van der Waals surface area contributed by atoms with Crippen LogP contribution >= 0.6 is 0 Å². The predicted octanol–water partition coefficient (Wildman–Crippen LogP) is 3.48. The maximum atomic E-state index is 12.4. The maximum Gasteiger partial charge on any atom is 0.416 e. The second kappa shape index (κ2) is 6.95. The van der Waals surface area contributed by atoms with E-state index in [2.05, 4.69) is 10.5 Å². The van der Waals surface area contributed by atoms with Crippen LogP contribution in [0, 0.1) is 0 Å². The van der Waals surface area contributed by atoms with Gasteiger partial charge in [-0.15, -0.1) is 0 Å². The van der Waals surface area contributed by atoms with Crippen molar-refractivity contribution in [1.29, 1.82) is 0 Å². The number of alkyl halides is 3. The highest BCUT2D eigenvalue weighted by molar-refractivity contribution is 5.95. The summed E-state index contributed by atoms with van der Waals surface area (Å²) in [6, 6.07) is 10.9. The molecule has 0 saturated carbocycles. The molecule has 0 heterocycles. The molecule has 0 saturated heterocycles. The molecule has 0 aromatic heterocycles. The molecule has 2 aromatic rings. The quantitative estimate of drug-likeness (QED) is 0.692. The van der Waals surface area contributed by atoms with Gasteiger partial charge in [-0.05, 0) is 35.9 Å². The lowest BCUT2D eigenvalue weighted by molar-refractivity contribution is -0.137. The highest BCUT2D eigenvalue weighted by atomic mass is 19.4. The topological polar surface area (TPSA) is 50.7 Å². The number of benzene rings is 2. The van der Waals surface area contributed by atoms with Crippen LogP contribution in [0.3, 0.4) is 0 Å². The number of ether oxygens (including phenoxy) is 1. The Morgan fingerprint density at radius 3 is 2.48 bits per heavy atom. The average molecular weight is 322 g/mol. The third kappa shape index (κ3) is 4.57. The van der Waals surface area contributed by atoms with E-state index in [1.165, 1.54) is 25.5 Å². The normalized spacial score (nSPS) is 11.5. The molecule has 23 heavy (non-hydrogen) atoms. The number of hydrogen-bond acceptors (Lipinski definition) is 3. The zero-order valence-corrected chi connectivity index (χ0v) is 12.1. The molecule has 2 aromatic carbocycles. The van der Waals surface area contributed by atoms with Crippen LogP contribution in [0.4, 0.5) is 13.2 Å². The van der Waals surface area contributed by atoms with Gasteiger partial charge >= 0.3 is 6.18 Å². The summed E-state index contributed by atoms with van der Waals surface area (Å²) in [4.78, 5) is 11.9. The molecule has 0 unspecified atom stereocenters. The highest BCUT2D eigenvalue weighted by Gasteiger charge is 2.29. The van der Waals surface area contributed by atoms with Crippen molar-refractivity contribution >= 4 is 12.1 Å². The highest BCUT2D eigenvalue weighted by Crippen LogP contribution is 2.28. The zero-order chi connectivity index (χ0) is 16.9. The Labute approximate surface area is 130 Å². The van der Waals surface area contributed by atoms with Crippen LogP contribution in [0.5, 0.6) is 5.75 Å². The van der Waals surface area contributed by atoms with Crippen molar-refractivity contribution in [3.8, 4) is 5.75 Å². The number of nitrogens with one attached hydrogen (secondary N) is 1. The van der Waals surface area contributed by atoms with Crippen molar-refractivity contribution in [2.24, 2.45) is 5.10 Å². The summed E-state index contributed by atoms with van der Waals surface area (Å²) in [5.41, 5.74) is 2.35. The lowest BCUT2D eigenvalue weighted by Crippen LogP contribution is -2.17. The van der Waals surface area contributed by atoms with Gasteiger partial charge in [-0.25, -0.2) is 5.43 Å². The lowest BCUT2D eigenvalue weighted by atomic mass is 10.1. The second-order valence-corrected chi connectivity index (χ2v) is 4.55. The third-order valence-electron chi connectivity index (χ3n) is 2.95. The number of rotatable bonds is 4. The summed E-state index contributed by atoms with van der Waals surface area (Å²) < 4.78 is 42.3. The van der Waals surface area contributed by atoms with E-state index in [9.17, 15) is 18.0 Å². The fourth-order valence-corrected chi connectivity index (χ4v) is 1.75. The molecule has 1 N–H and O–H groups in total. The van der Waals surface area contributed by atoms with Crippen LogP contribution in [0.1, 0.15) is 21.5 Å². The van der Waals surface area contributed by atoms with Crippen LogP contribution in [0.25, 0.3) is 0 Å². The van der Waals surface area contributed by atoms with E-state index in [0.717, 1.165) is 12.1 Å². The predicted molar refractivity (Wildman–Crippen MR) is 79.5 cm³/mol. The van der Waals surface area contributed by atoms with Crippen molar-refractivity contribution in [1.82, 2.24) is 5.43 Å². The van der Waals surface area contributed by atoms with Crippen LogP contribution in [-0.2, 0) is 6.18 Å². The van der Waals surface area contributed by atoms with Crippen LogP contribution in [0.2, 0.25) is 0 Å². The first kappa shape index (κ1) is 16.5. The van der Waals surface area contributed by atoms with Crippen LogP contribution in [-0.4, -0.2) is 19.2 Å². The van der Waals surface area contributed by atoms with E-state index in [4.69, 9.17) is 4.74 Å². The van der Waals surface area contributed by atoms with Gasteiger partial charge in [0.1, 0.15) is 5.75 Å². The van der Waals surface area contributed by atoms with E-state index in [0.29, 0.717) is 16.9 Å². The fourth-order valence-electron chi connectivity index (χ4n) is 1.75. The molecule has 0 aliphatic heterocycles. The molecule has 7 heteroatoms. The summed E-state index contributed by atoms with van der Waals surface area (Å²) in [6.07, 6.45) is -3.12. The summed E-state index contributed by atoms with van der Waals surface area (Å²) in [5, 5.41) is 3.72. The molecule has 120 valence electrons. The monoisotopic (exact) mass is 322 g/mol. The smallest absolute Gasteiger partial charge is 0.416 e. The first-order valence-electron chi connectivity index (χ1n) is 6.55. The Morgan fingerprint density at radius 2 is 1.87 bits per heavy atom. The number of halogens is 3. The molecule has 0 fully saturated rings. The first-order chi connectivity index (χ1) is 10.9. The molecular formula is C16H13F3N2O2. The summed E-state index contributed by atoms with van der Waals surface area (Å²) in [7, 11) is 1.49. The number of carbonyl (C=O) groups is 1. The number of hydrogen-bond donors (Lipinski definition) is 1. The number of amides is 1. The molecule has 0 atom stereocenters. The van der Waals surface area contributed by atoms with Gasteiger partial charge in [0, 0.05) is 5.56 Å². The molecule has 0 radical (unpaired) electrons. The van der Waals surface area contributed by atoms with E-state index < -0.39 is 17.6 Å². The molecular weight excluding hydrogens is 309 g/mol. The Balaban J connectivity index is 1.99. The van der Waals surface area contributed by atoms with Crippen molar-refractivity contribution in [3.63, 3.8) is 0 Å². The van der Waals surface area contributed by atoms with Gasteiger partial charge in [0.2, 0.25) is 0 Å². The lowest BCUT2D eigenvalue weighted by Gasteiger charge is -2.05. The molecule has 1 amide bonds. The van der Waals surface area contributed by atoms with Crippen molar-refractivity contribution in [3.05, 3.63) is 65.2 Å². The van der Waals surface area contributed by atoms with Crippen molar-refractivity contribution < 1.29 is 22.7 Å². The number of carbonyl (C=O) groups excluding carboxylic acids is 1. The Hall–Kier alpha value is -2.83. The Bertz CT molecular complexity index is 710. The van der Waals surface area contributed by atoms with Gasteiger partial charge in [-0.3, -0.25) is 4.79 Å². The first-order valence-corrected chi connectivity index (χ1v) is 6.55. The second-order valence-electron chi connectivity index (χ2n) is 4.55. The van der Waals surface area contributed by atoms with Gasteiger partial charge in [-0.2, -0.15) is 18.3 Å². The largest absolute Gasteiger partial charge is 0.497 e. The molecule has 0 aliphatic carbocycles. The van der Waals surface area contributed by atoms with Crippen molar-refractivity contribution in [2.75, 3.05) is 7.11 Å². The van der Waals surface area contributed by atoms with Crippen LogP contribution < -0.4 is 10.2 Å². The molecule has 4 nitrogen and oxygen atoms in total. The molecule has 0 aliphatic rings. The molecule has 2 rings (SSSR count). The average Bonchev–Trinajstić information content (AvgIpc) is 2.54. The number of methoxy groups -OCH3 is 1. The Kier molecular flexibility index (Phi) is 5.00. The third-order valence-corrected chi connectivity index (χ3v) is 2.95. The van der Waals surface area contributed by atoms with Crippen molar-refractivity contribution in [2.45, 2.75) is 6.18 Å². The van der Waals surface area contributed by atoms with Gasteiger partial charge in [-0.1, -0.05) is 18.2 Å². The molecule has 0 spiro atoms. The maximum absolute atomic E-state index is 12.4. The summed E-state index contributed by atoms with van der Waals surface area (Å²) in [6.45, 7) is 0. The van der Waals surface area contributed by atoms with Gasteiger partial charge in [0.05, 0.1) is 18.9 Å². The van der Waals surface area contributed by atoms with Gasteiger partial charge in [0.25, 0.3) is 5.91 Å². The summed E-state index contributed by atoms with van der Waals surface area (Å²) >= 11 is 0. The number of hydrazone groups is 1. The number of nitrogens with zero attached hydrogens (tertiary/aromatic N) is 1.